The molecule has 1 aliphatic carbocycles. The van der Waals surface area contributed by atoms with E-state index in [0.717, 1.165) is 26.2 Å². The summed E-state index contributed by atoms with van der Waals surface area (Å²) < 4.78 is 0. The van der Waals surface area contributed by atoms with Crippen LogP contribution in [-0.4, -0.2) is 31.2 Å². The fourth-order valence-corrected chi connectivity index (χ4v) is 2.67. The smallest absolute Gasteiger partial charge is 0.0556 e. The van der Waals surface area contributed by atoms with E-state index in [4.69, 9.17) is 0 Å². The molecule has 86 valence electrons. The number of fused-ring (bicyclic) bond motifs is 1. The minimum atomic E-state index is 1.09. The Morgan fingerprint density at radius 1 is 1.12 bits per heavy atom. The van der Waals surface area contributed by atoms with Gasteiger partial charge in [0.2, 0.25) is 0 Å². The second kappa shape index (κ2) is 4.42. The van der Waals surface area contributed by atoms with Gasteiger partial charge in [0.05, 0.1) is 11.9 Å². The highest BCUT2D eigenvalue weighted by atomic mass is 15.2. The number of pyridine rings is 1. The topological polar surface area (TPSA) is 28.2 Å². The molecule has 0 bridgehead atoms. The maximum atomic E-state index is 4.63. The van der Waals surface area contributed by atoms with Gasteiger partial charge in [-0.05, 0) is 37.3 Å². The normalized spacial score (nSPS) is 20.6. The standard InChI is InChI=1S/C13H19N3/c1-2-4-13-11(3-1)9-12(10-15-13)16-7-5-14-6-8-16/h9-10,14H,1-8H2. The van der Waals surface area contributed by atoms with E-state index in [1.807, 2.05) is 0 Å². The Labute approximate surface area is 96.9 Å². The first-order valence-electron chi connectivity index (χ1n) is 6.37. The predicted molar refractivity (Wildman–Crippen MR) is 66.0 cm³/mol. The SMILES string of the molecule is c1nc2c(cc1N1CCNCC1)CCCC2. The Balaban J connectivity index is 1.84. The molecule has 0 unspecified atom stereocenters. The molecule has 3 heteroatoms. The second-order valence-corrected chi connectivity index (χ2v) is 4.74. The average Bonchev–Trinajstić information content (AvgIpc) is 2.39. The van der Waals surface area contributed by atoms with E-state index in [1.54, 1.807) is 0 Å². The van der Waals surface area contributed by atoms with Gasteiger partial charge in [-0.1, -0.05) is 0 Å². The van der Waals surface area contributed by atoms with Crippen molar-refractivity contribution in [2.24, 2.45) is 0 Å². The quantitative estimate of drug-likeness (QED) is 0.770. The van der Waals surface area contributed by atoms with Crippen LogP contribution in [0.4, 0.5) is 5.69 Å². The van der Waals surface area contributed by atoms with Crippen LogP contribution in [0.2, 0.25) is 0 Å². The van der Waals surface area contributed by atoms with Crippen molar-refractivity contribution < 1.29 is 0 Å². The molecule has 1 aliphatic heterocycles. The first-order chi connectivity index (χ1) is 7.93. The molecule has 1 saturated heterocycles. The minimum Gasteiger partial charge on any atom is -0.368 e. The third kappa shape index (κ3) is 1.92. The highest BCUT2D eigenvalue weighted by Crippen LogP contribution is 2.24. The van der Waals surface area contributed by atoms with Crippen molar-refractivity contribution in [2.75, 3.05) is 31.1 Å². The summed E-state index contributed by atoms with van der Waals surface area (Å²) in [7, 11) is 0. The summed E-state index contributed by atoms with van der Waals surface area (Å²) in [5.74, 6) is 0. The molecule has 3 rings (SSSR count). The zero-order valence-corrected chi connectivity index (χ0v) is 9.71. The van der Waals surface area contributed by atoms with Crippen LogP contribution in [0.1, 0.15) is 24.1 Å². The Hall–Kier alpha value is -1.09. The molecular weight excluding hydrogens is 198 g/mol. The van der Waals surface area contributed by atoms with Crippen molar-refractivity contribution in [3.63, 3.8) is 0 Å². The van der Waals surface area contributed by atoms with Crippen LogP contribution in [0.5, 0.6) is 0 Å². The van der Waals surface area contributed by atoms with Crippen molar-refractivity contribution in [3.05, 3.63) is 23.5 Å². The van der Waals surface area contributed by atoms with Gasteiger partial charge < -0.3 is 10.2 Å². The van der Waals surface area contributed by atoms with Crippen LogP contribution in [0.25, 0.3) is 0 Å². The van der Waals surface area contributed by atoms with Gasteiger partial charge in [-0.15, -0.1) is 0 Å². The molecule has 16 heavy (non-hydrogen) atoms. The maximum absolute atomic E-state index is 4.63. The van der Waals surface area contributed by atoms with Crippen molar-refractivity contribution >= 4 is 5.69 Å². The molecule has 1 N–H and O–H groups in total. The Morgan fingerprint density at radius 3 is 2.81 bits per heavy atom. The third-order valence-corrected chi connectivity index (χ3v) is 3.64. The van der Waals surface area contributed by atoms with E-state index >= 15 is 0 Å². The fraction of sp³-hybridized carbons (Fsp3) is 0.615. The summed E-state index contributed by atoms with van der Waals surface area (Å²) in [5, 5.41) is 3.38. The van der Waals surface area contributed by atoms with Crippen LogP contribution < -0.4 is 10.2 Å². The van der Waals surface area contributed by atoms with Gasteiger partial charge in [-0.2, -0.15) is 0 Å². The lowest BCUT2D eigenvalue weighted by Crippen LogP contribution is -2.43. The summed E-state index contributed by atoms with van der Waals surface area (Å²) >= 11 is 0. The number of nitrogens with zero attached hydrogens (tertiary/aromatic N) is 2. The average molecular weight is 217 g/mol. The van der Waals surface area contributed by atoms with Gasteiger partial charge in [-0.25, -0.2) is 0 Å². The van der Waals surface area contributed by atoms with E-state index in [0.29, 0.717) is 0 Å². The van der Waals surface area contributed by atoms with E-state index in [9.17, 15) is 0 Å². The van der Waals surface area contributed by atoms with E-state index in [-0.39, 0.29) is 0 Å². The van der Waals surface area contributed by atoms with E-state index < -0.39 is 0 Å². The zero-order chi connectivity index (χ0) is 10.8. The second-order valence-electron chi connectivity index (χ2n) is 4.74. The molecular formula is C13H19N3. The van der Waals surface area contributed by atoms with Crippen LogP contribution in [0, 0.1) is 0 Å². The van der Waals surface area contributed by atoms with Crippen LogP contribution in [0.15, 0.2) is 12.3 Å². The number of piperazine rings is 1. The Bertz CT molecular complexity index is 369. The molecule has 1 fully saturated rings. The fourth-order valence-electron chi connectivity index (χ4n) is 2.67. The largest absolute Gasteiger partial charge is 0.368 e. The maximum Gasteiger partial charge on any atom is 0.0556 e. The number of hydrogen-bond acceptors (Lipinski definition) is 3. The Morgan fingerprint density at radius 2 is 1.94 bits per heavy atom. The molecule has 0 radical (unpaired) electrons. The lowest BCUT2D eigenvalue weighted by Gasteiger charge is -2.30. The molecule has 1 aromatic heterocycles. The Kier molecular flexibility index (Phi) is 2.79. The third-order valence-electron chi connectivity index (χ3n) is 3.64. The van der Waals surface area contributed by atoms with Gasteiger partial charge in [0, 0.05) is 31.9 Å². The van der Waals surface area contributed by atoms with Gasteiger partial charge in [-0.3, -0.25) is 4.98 Å². The van der Waals surface area contributed by atoms with Gasteiger partial charge in [0.15, 0.2) is 0 Å². The monoisotopic (exact) mass is 217 g/mol. The van der Waals surface area contributed by atoms with Gasteiger partial charge in [0.1, 0.15) is 0 Å². The minimum absolute atomic E-state index is 1.09. The number of aromatic nitrogens is 1. The van der Waals surface area contributed by atoms with Crippen molar-refractivity contribution in [1.29, 1.82) is 0 Å². The first-order valence-corrected chi connectivity index (χ1v) is 6.37. The molecule has 3 nitrogen and oxygen atoms in total. The highest BCUT2D eigenvalue weighted by Gasteiger charge is 2.15. The summed E-state index contributed by atoms with van der Waals surface area (Å²) in [6, 6.07) is 2.37. The summed E-state index contributed by atoms with van der Waals surface area (Å²) in [5.41, 5.74) is 4.15. The van der Waals surface area contributed by atoms with Crippen molar-refractivity contribution in [3.8, 4) is 0 Å². The van der Waals surface area contributed by atoms with Crippen molar-refractivity contribution in [1.82, 2.24) is 10.3 Å². The number of anilines is 1. The predicted octanol–water partition coefficient (Wildman–Crippen LogP) is 1.37. The lowest BCUT2D eigenvalue weighted by molar-refractivity contribution is 0.587. The molecule has 0 amide bonds. The highest BCUT2D eigenvalue weighted by molar-refractivity contribution is 5.48. The zero-order valence-electron chi connectivity index (χ0n) is 9.71. The molecule has 0 atom stereocenters. The van der Waals surface area contributed by atoms with E-state index in [2.05, 4.69) is 27.5 Å². The number of rotatable bonds is 1. The summed E-state index contributed by atoms with van der Waals surface area (Å²) in [4.78, 5) is 7.08. The van der Waals surface area contributed by atoms with Crippen LogP contribution in [0.3, 0.4) is 0 Å². The first kappa shape index (κ1) is 10.1. The summed E-state index contributed by atoms with van der Waals surface area (Å²) in [6.07, 6.45) is 7.11. The number of hydrogen-bond donors (Lipinski definition) is 1. The number of nitrogens with one attached hydrogen (secondary N) is 1. The van der Waals surface area contributed by atoms with Crippen molar-refractivity contribution in [2.45, 2.75) is 25.7 Å². The molecule has 2 aliphatic rings. The molecule has 1 aromatic rings. The van der Waals surface area contributed by atoms with Gasteiger partial charge >= 0.3 is 0 Å². The van der Waals surface area contributed by atoms with Crippen LogP contribution >= 0.6 is 0 Å². The molecule has 0 spiro atoms. The summed E-state index contributed by atoms with van der Waals surface area (Å²) in [6.45, 7) is 4.41. The lowest BCUT2D eigenvalue weighted by atomic mass is 9.96. The van der Waals surface area contributed by atoms with E-state index in [1.165, 1.54) is 42.6 Å². The number of aryl methyl sites for hydroxylation is 2. The molecule has 2 heterocycles. The molecule has 0 aromatic carbocycles. The van der Waals surface area contributed by atoms with Gasteiger partial charge in [0.25, 0.3) is 0 Å². The van der Waals surface area contributed by atoms with Crippen LogP contribution in [-0.2, 0) is 12.8 Å². The molecule has 0 saturated carbocycles.